The van der Waals surface area contributed by atoms with Crippen LogP contribution in [0.15, 0.2) is 119 Å². The number of anilines is 1. The largest absolute Gasteiger partial charge is 0.504 e. The first-order valence-electron chi connectivity index (χ1n) is 17.2. The van der Waals surface area contributed by atoms with Gasteiger partial charge in [0.1, 0.15) is 0 Å². The number of phenols is 1. The molecule has 3 aliphatic carbocycles. The number of allylic oxidation sites excluding steroid dienone is 4. The van der Waals surface area contributed by atoms with Crippen LogP contribution in [0.1, 0.15) is 52.7 Å². The topological polar surface area (TPSA) is 118 Å². The van der Waals surface area contributed by atoms with Gasteiger partial charge >= 0.3 is 0 Å². The van der Waals surface area contributed by atoms with Crippen molar-refractivity contribution in [2.45, 2.75) is 31.1 Å². The van der Waals surface area contributed by atoms with Crippen LogP contribution in [0.3, 0.4) is 0 Å². The van der Waals surface area contributed by atoms with Crippen LogP contribution in [-0.2, 0) is 24.6 Å². The van der Waals surface area contributed by atoms with Gasteiger partial charge < -0.3 is 9.84 Å². The SMILES string of the molecule is COc1cc(Br)cc([C@H]2C3=CC[C@@H]4C(=O)N(c5ccc(C(C)=O)cc5)C(=O)[C@@H]4[C@@H]3C[C@H]3C(=O)C(c4ccccc4)=CC(=O)[C@@]23c2ccccc2)c1O. The third-order valence-corrected chi connectivity index (χ3v) is 12.0. The van der Waals surface area contributed by atoms with E-state index in [0.717, 1.165) is 5.57 Å². The maximum atomic E-state index is 15.2. The van der Waals surface area contributed by atoms with Crippen molar-refractivity contribution in [3.05, 3.63) is 142 Å². The lowest BCUT2D eigenvalue weighted by Gasteiger charge is -2.55. The number of imide groups is 1. The van der Waals surface area contributed by atoms with Gasteiger partial charge in [0, 0.05) is 33.0 Å². The number of ketones is 3. The molecule has 4 aliphatic rings. The lowest BCUT2D eigenvalue weighted by atomic mass is 9.44. The first kappa shape index (κ1) is 33.7. The summed E-state index contributed by atoms with van der Waals surface area (Å²) in [6.07, 6.45) is 3.76. The summed E-state index contributed by atoms with van der Waals surface area (Å²) in [5.41, 5.74) is 1.96. The Labute approximate surface area is 308 Å². The predicted molar refractivity (Wildman–Crippen MR) is 198 cm³/mol. The first-order chi connectivity index (χ1) is 25.1. The molecular weight excluding hydrogens is 722 g/mol. The maximum Gasteiger partial charge on any atom is 0.238 e. The molecule has 9 heteroatoms. The summed E-state index contributed by atoms with van der Waals surface area (Å²) in [4.78, 5) is 72.2. The number of methoxy groups -OCH3 is 1. The number of carbonyl (C=O) groups is 5. The molecule has 4 aromatic carbocycles. The summed E-state index contributed by atoms with van der Waals surface area (Å²) in [5.74, 6) is -5.36. The summed E-state index contributed by atoms with van der Waals surface area (Å²) in [5, 5.41) is 11.9. The lowest BCUT2D eigenvalue weighted by molar-refractivity contribution is -0.135. The number of rotatable bonds is 6. The first-order valence-corrected chi connectivity index (χ1v) is 18.0. The van der Waals surface area contributed by atoms with Crippen molar-refractivity contribution in [1.82, 2.24) is 0 Å². The zero-order valence-corrected chi connectivity index (χ0v) is 30.0. The van der Waals surface area contributed by atoms with Crippen LogP contribution in [0.5, 0.6) is 11.5 Å². The fraction of sp³-hybridized carbons (Fsp3) is 0.233. The van der Waals surface area contributed by atoms with Crippen LogP contribution in [-0.4, -0.2) is 41.4 Å². The average molecular weight is 757 g/mol. The van der Waals surface area contributed by atoms with Crippen LogP contribution in [0.2, 0.25) is 0 Å². The van der Waals surface area contributed by atoms with E-state index in [0.29, 0.717) is 32.4 Å². The summed E-state index contributed by atoms with van der Waals surface area (Å²) in [6, 6.07) is 28.1. The maximum absolute atomic E-state index is 15.2. The van der Waals surface area contributed by atoms with Crippen molar-refractivity contribution in [1.29, 1.82) is 0 Å². The van der Waals surface area contributed by atoms with E-state index in [2.05, 4.69) is 15.9 Å². The fourth-order valence-corrected chi connectivity index (χ4v) is 9.74. The number of amides is 2. The minimum atomic E-state index is -1.50. The van der Waals surface area contributed by atoms with Gasteiger partial charge in [-0.2, -0.15) is 0 Å². The highest BCUT2D eigenvalue weighted by atomic mass is 79.9. The quantitative estimate of drug-likeness (QED) is 0.124. The second-order valence-electron chi connectivity index (χ2n) is 13.9. The van der Waals surface area contributed by atoms with Gasteiger partial charge in [0.2, 0.25) is 11.8 Å². The van der Waals surface area contributed by atoms with Gasteiger partial charge in [0.05, 0.1) is 30.0 Å². The molecular formula is C43H34BrNO7. The molecule has 52 heavy (non-hydrogen) atoms. The van der Waals surface area contributed by atoms with Gasteiger partial charge in [-0.15, -0.1) is 0 Å². The molecule has 1 heterocycles. The van der Waals surface area contributed by atoms with Crippen LogP contribution in [0, 0.1) is 23.7 Å². The predicted octanol–water partition coefficient (Wildman–Crippen LogP) is 7.39. The second kappa shape index (κ2) is 12.7. The number of hydrogen-bond acceptors (Lipinski definition) is 7. The number of hydrogen-bond donors (Lipinski definition) is 1. The molecule has 6 atom stereocenters. The van der Waals surface area contributed by atoms with E-state index >= 15 is 9.59 Å². The number of nitrogens with zero attached hydrogens (tertiary/aromatic N) is 1. The summed E-state index contributed by atoms with van der Waals surface area (Å²) < 4.78 is 6.18. The molecule has 1 aliphatic heterocycles. The molecule has 0 radical (unpaired) electrons. The summed E-state index contributed by atoms with van der Waals surface area (Å²) >= 11 is 3.58. The van der Waals surface area contributed by atoms with E-state index in [1.54, 1.807) is 48.5 Å². The molecule has 8 nitrogen and oxygen atoms in total. The monoisotopic (exact) mass is 755 g/mol. The summed E-state index contributed by atoms with van der Waals surface area (Å²) in [6.45, 7) is 1.45. The van der Waals surface area contributed by atoms with Crippen molar-refractivity contribution < 1.29 is 33.8 Å². The number of aromatic hydroxyl groups is 1. The molecule has 8 rings (SSSR count). The molecule has 0 aromatic heterocycles. The lowest BCUT2D eigenvalue weighted by Crippen LogP contribution is -2.58. The van der Waals surface area contributed by atoms with Gasteiger partial charge in [-0.3, -0.25) is 28.9 Å². The highest BCUT2D eigenvalue weighted by molar-refractivity contribution is 9.10. The smallest absolute Gasteiger partial charge is 0.238 e. The molecule has 2 fully saturated rings. The van der Waals surface area contributed by atoms with Crippen LogP contribution in [0.25, 0.3) is 5.57 Å². The van der Waals surface area contributed by atoms with E-state index in [4.69, 9.17) is 4.74 Å². The molecule has 1 saturated heterocycles. The number of Topliss-reactive ketones (excluding diaryl/α,β-unsaturated/α-hetero) is 2. The van der Waals surface area contributed by atoms with Gasteiger partial charge in [0.15, 0.2) is 28.8 Å². The Bertz CT molecular complexity index is 2240. The van der Waals surface area contributed by atoms with E-state index in [9.17, 15) is 19.5 Å². The minimum Gasteiger partial charge on any atom is -0.504 e. The van der Waals surface area contributed by atoms with E-state index in [1.165, 1.54) is 25.0 Å². The highest BCUT2D eigenvalue weighted by Gasteiger charge is 2.66. The Morgan fingerprint density at radius 2 is 1.56 bits per heavy atom. The van der Waals surface area contributed by atoms with Gasteiger partial charge in [-0.1, -0.05) is 88.2 Å². The number of ether oxygens (including phenoxy) is 1. The van der Waals surface area contributed by atoms with Crippen LogP contribution in [0.4, 0.5) is 5.69 Å². The van der Waals surface area contributed by atoms with E-state index in [-0.39, 0.29) is 53.2 Å². The van der Waals surface area contributed by atoms with Crippen molar-refractivity contribution in [2.24, 2.45) is 23.7 Å². The van der Waals surface area contributed by atoms with Crippen LogP contribution >= 0.6 is 15.9 Å². The summed E-state index contributed by atoms with van der Waals surface area (Å²) in [7, 11) is 1.44. The number of carbonyl (C=O) groups excluding carboxylic acids is 5. The molecule has 0 spiro atoms. The van der Waals surface area contributed by atoms with Crippen molar-refractivity contribution in [3.63, 3.8) is 0 Å². The second-order valence-corrected chi connectivity index (χ2v) is 14.9. The molecule has 4 aromatic rings. The Balaban J connectivity index is 1.36. The third-order valence-electron chi connectivity index (χ3n) is 11.5. The standard InChI is InChI=1S/C43H34BrNO7/c1-23(46)24-13-15-28(16-14-24)45-41(50)30-18-17-29-32(37(30)42(45)51)21-34-39(48)31(25-9-5-3-6-10-25)22-36(47)43(34,26-11-7-4-8-12-26)38(29)33-19-27(44)20-35(52-2)40(33)49/h3-17,19-20,22,30,32,34,37-38,49H,18,21H2,1-2H3/t30-,32+,34-,37-,38+,43-/m0/s1. The third kappa shape index (κ3) is 4.89. The Morgan fingerprint density at radius 1 is 0.885 bits per heavy atom. The van der Waals surface area contributed by atoms with Gasteiger partial charge in [-0.05, 0) is 79.3 Å². The van der Waals surface area contributed by atoms with Crippen molar-refractivity contribution in [3.8, 4) is 11.5 Å². The van der Waals surface area contributed by atoms with Gasteiger partial charge in [0.25, 0.3) is 0 Å². The molecule has 1 N–H and O–H groups in total. The fourth-order valence-electron chi connectivity index (χ4n) is 9.29. The van der Waals surface area contributed by atoms with E-state index < -0.39 is 40.9 Å². The number of benzene rings is 4. The number of halogens is 1. The van der Waals surface area contributed by atoms with Crippen molar-refractivity contribution >= 4 is 56.4 Å². The zero-order valence-electron chi connectivity index (χ0n) is 28.4. The Hall–Kier alpha value is -5.41. The minimum absolute atomic E-state index is 0.133. The normalized spacial score (nSPS) is 26.6. The molecule has 0 bridgehead atoms. The van der Waals surface area contributed by atoms with Crippen molar-refractivity contribution in [2.75, 3.05) is 12.0 Å². The van der Waals surface area contributed by atoms with Gasteiger partial charge in [-0.25, -0.2) is 0 Å². The number of phenolic OH excluding ortho intramolecular Hbond substituents is 1. The Kier molecular flexibility index (Phi) is 8.21. The molecule has 1 saturated carbocycles. The Morgan fingerprint density at radius 3 is 2.21 bits per heavy atom. The molecule has 260 valence electrons. The van der Waals surface area contributed by atoms with Crippen LogP contribution < -0.4 is 9.64 Å². The number of fused-ring (bicyclic) bond motifs is 4. The van der Waals surface area contributed by atoms with E-state index in [1.807, 2.05) is 54.6 Å². The zero-order chi connectivity index (χ0) is 36.5. The average Bonchev–Trinajstić information content (AvgIpc) is 3.42. The molecule has 0 unspecified atom stereocenters. The molecule has 2 amide bonds. The highest BCUT2D eigenvalue weighted by Crippen LogP contribution is 2.65.